The van der Waals surface area contributed by atoms with Crippen molar-refractivity contribution < 1.29 is 9.53 Å². The van der Waals surface area contributed by atoms with Crippen LogP contribution in [-0.2, 0) is 11.3 Å². The molecule has 122 valence electrons. The normalized spacial score (nSPS) is 15.8. The molecule has 1 aliphatic rings. The highest BCUT2D eigenvalue weighted by Crippen LogP contribution is 2.18. The smallest absolute Gasteiger partial charge is 0.258 e. The quantitative estimate of drug-likeness (QED) is 0.849. The minimum absolute atomic E-state index is 0.0525. The molecule has 0 aromatic heterocycles. The zero-order chi connectivity index (χ0) is 16.0. The summed E-state index contributed by atoms with van der Waals surface area (Å²) in [7, 11) is 0. The van der Waals surface area contributed by atoms with Crippen LogP contribution < -0.4 is 15.4 Å². The van der Waals surface area contributed by atoms with E-state index in [1.54, 1.807) is 0 Å². The number of hydrogen-bond acceptors (Lipinski definition) is 3. The second kappa shape index (κ2) is 7.63. The van der Waals surface area contributed by atoms with Gasteiger partial charge in [0, 0.05) is 18.1 Å². The SMILES string of the molecule is CC(C)(C)NC(=O)COc1ccc(CNC2CCCC2)cc1. The summed E-state index contributed by atoms with van der Waals surface area (Å²) in [6.07, 6.45) is 5.29. The van der Waals surface area contributed by atoms with E-state index < -0.39 is 0 Å². The average molecular weight is 304 g/mol. The molecule has 0 unspecified atom stereocenters. The van der Waals surface area contributed by atoms with Gasteiger partial charge in [0.05, 0.1) is 0 Å². The Labute approximate surface area is 133 Å². The van der Waals surface area contributed by atoms with Crippen LogP contribution in [0.5, 0.6) is 5.75 Å². The summed E-state index contributed by atoms with van der Waals surface area (Å²) in [4.78, 5) is 11.7. The minimum Gasteiger partial charge on any atom is -0.484 e. The fourth-order valence-electron chi connectivity index (χ4n) is 2.70. The van der Waals surface area contributed by atoms with Crippen LogP contribution in [0.2, 0.25) is 0 Å². The largest absolute Gasteiger partial charge is 0.484 e. The fraction of sp³-hybridized carbons (Fsp3) is 0.611. The molecular formula is C18H28N2O2. The zero-order valence-electron chi connectivity index (χ0n) is 13.9. The van der Waals surface area contributed by atoms with Crippen molar-refractivity contribution >= 4 is 5.91 Å². The van der Waals surface area contributed by atoms with Gasteiger partial charge >= 0.3 is 0 Å². The second-order valence-electron chi connectivity index (χ2n) is 7.09. The van der Waals surface area contributed by atoms with E-state index in [1.165, 1.54) is 31.2 Å². The second-order valence-corrected chi connectivity index (χ2v) is 7.09. The van der Waals surface area contributed by atoms with Gasteiger partial charge in [-0.15, -0.1) is 0 Å². The third kappa shape index (κ3) is 6.06. The van der Waals surface area contributed by atoms with Crippen LogP contribution in [-0.4, -0.2) is 24.1 Å². The average Bonchev–Trinajstić information content (AvgIpc) is 2.95. The van der Waals surface area contributed by atoms with E-state index in [2.05, 4.69) is 22.8 Å². The van der Waals surface area contributed by atoms with Crippen molar-refractivity contribution in [2.45, 2.75) is 64.6 Å². The van der Waals surface area contributed by atoms with Gasteiger partial charge in [0.15, 0.2) is 6.61 Å². The summed E-state index contributed by atoms with van der Waals surface area (Å²) in [5.74, 6) is 0.633. The first-order valence-corrected chi connectivity index (χ1v) is 8.18. The first kappa shape index (κ1) is 16.8. The summed E-state index contributed by atoms with van der Waals surface area (Å²) in [6.45, 7) is 6.82. The minimum atomic E-state index is -0.226. The lowest BCUT2D eigenvalue weighted by molar-refractivity contribution is -0.124. The van der Waals surface area contributed by atoms with Crippen LogP contribution in [0.25, 0.3) is 0 Å². The Bertz CT molecular complexity index is 471. The summed E-state index contributed by atoms with van der Waals surface area (Å²) < 4.78 is 5.51. The standard InChI is InChI=1S/C18H28N2O2/c1-18(2,3)20-17(21)13-22-16-10-8-14(9-11-16)12-19-15-6-4-5-7-15/h8-11,15,19H,4-7,12-13H2,1-3H3,(H,20,21). The number of benzene rings is 1. The van der Waals surface area contributed by atoms with Crippen LogP contribution in [0, 0.1) is 0 Å². The van der Waals surface area contributed by atoms with Crippen molar-refractivity contribution in [1.82, 2.24) is 10.6 Å². The molecule has 1 saturated carbocycles. The van der Waals surface area contributed by atoms with Crippen LogP contribution in [0.4, 0.5) is 0 Å². The lowest BCUT2D eigenvalue weighted by atomic mass is 10.1. The summed E-state index contributed by atoms with van der Waals surface area (Å²) in [5, 5.41) is 6.47. The predicted molar refractivity (Wildman–Crippen MR) is 88.9 cm³/mol. The van der Waals surface area contributed by atoms with Gasteiger partial charge in [-0.25, -0.2) is 0 Å². The van der Waals surface area contributed by atoms with Crippen molar-refractivity contribution in [3.8, 4) is 5.75 Å². The van der Waals surface area contributed by atoms with Crippen molar-refractivity contribution in [3.05, 3.63) is 29.8 Å². The zero-order valence-corrected chi connectivity index (χ0v) is 13.9. The van der Waals surface area contributed by atoms with E-state index >= 15 is 0 Å². The molecule has 0 aliphatic heterocycles. The Kier molecular flexibility index (Phi) is 5.83. The van der Waals surface area contributed by atoms with E-state index in [-0.39, 0.29) is 18.1 Å². The number of hydrogen-bond donors (Lipinski definition) is 2. The Balaban J connectivity index is 1.73. The third-order valence-electron chi connectivity index (χ3n) is 3.76. The molecule has 0 saturated heterocycles. The molecule has 2 N–H and O–H groups in total. The maximum absolute atomic E-state index is 11.7. The van der Waals surface area contributed by atoms with Gasteiger partial charge in [0.2, 0.25) is 0 Å². The number of carbonyl (C=O) groups is 1. The number of nitrogens with one attached hydrogen (secondary N) is 2. The van der Waals surface area contributed by atoms with Gasteiger partial charge in [-0.1, -0.05) is 25.0 Å². The third-order valence-corrected chi connectivity index (χ3v) is 3.76. The molecule has 0 atom stereocenters. The van der Waals surface area contributed by atoms with Crippen molar-refractivity contribution in [2.24, 2.45) is 0 Å². The highest BCUT2D eigenvalue weighted by molar-refractivity contribution is 5.78. The fourth-order valence-corrected chi connectivity index (χ4v) is 2.70. The molecule has 0 spiro atoms. The molecule has 1 fully saturated rings. The van der Waals surface area contributed by atoms with E-state index in [0.717, 1.165) is 12.3 Å². The first-order chi connectivity index (χ1) is 10.4. The summed E-state index contributed by atoms with van der Waals surface area (Å²) in [5.41, 5.74) is 1.02. The molecule has 0 heterocycles. The van der Waals surface area contributed by atoms with Crippen molar-refractivity contribution in [3.63, 3.8) is 0 Å². The molecule has 0 radical (unpaired) electrons. The predicted octanol–water partition coefficient (Wildman–Crippen LogP) is 3.01. The van der Waals surface area contributed by atoms with Crippen molar-refractivity contribution in [2.75, 3.05) is 6.61 Å². The van der Waals surface area contributed by atoms with Crippen LogP contribution in [0.15, 0.2) is 24.3 Å². The Morgan fingerprint density at radius 2 is 1.82 bits per heavy atom. The molecule has 1 amide bonds. The maximum atomic E-state index is 11.7. The highest BCUT2D eigenvalue weighted by Gasteiger charge is 2.14. The van der Waals surface area contributed by atoms with E-state index in [0.29, 0.717) is 6.04 Å². The monoisotopic (exact) mass is 304 g/mol. The summed E-state index contributed by atoms with van der Waals surface area (Å²) >= 11 is 0. The topological polar surface area (TPSA) is 50.4 Å². The van der Waals surface area contributed by atoms with Gasteiger partial charge in [-0.2, -0.15) is 0 Å². The Morgan fingerprint density at radius 1 is 1.18 bits per heavy atom. The Hall–Kier alpha value is -1.55. The van der Waals surface area contributed by atoms with E-state index in [4.69, 9.17) is 4.74 Å². The molecule has 2 rings (SSSR count). The van der Waals surface area contributed by atoms with Crippen molar-refractivity contribution in [1.29, 1.82) is 0 Å². The molecule has 1 aromatic rings. The molecule has 1 aromatic carbocycles. The van der Waals surface area contributed by atoms with Gasteiger partial charge in [-0.05, 0) is 51.3 Å². The summed E-state index contributed by atoms with van der Waals surface area (Å²) in [6, 6.07) is 8.64. The molecule has 1 aliphatic carbocycles. The molecule has 22 heavy (non-hydrogen) atoms. The molecule has 4 nitrogen and oxygen atoms in total. The van der Waals surface area contributed by atoms with Gasteiger partial charge < -0.3 is 15.4 Å². The van der Waals surface area contributed by atoms with Crippen LogP contribution in [0.1, 0.15) is 52.0 Å². The molecule has 4 heteroatoms. The highest BCUT2D eigenvalue weighted by atomic mass is 16.5. The lowest BCUT2D eigenvalue weighted by Crippen LogP contribution is -2.43. The number of carbonyl (C=O) groups excluding carboxylic acids is 1. The number of rotatable bonds is 6. The maximum Gasteiger partial charge on any atom is 0.258 e. The molecular weight excluding hydrogens is 276 g/mol. The van der Waals surface area contributed by atoms with Crippen LogP contribution in [0.3, 0.4) is 0 Å². The first-order valence-electron chi connectivity index (χ1n) is 8.18. The number of amides is 1. The Morgan fingerprint density at radius 3 is 2.41 bits per heavy atom. The van der Waals surface area contributed by atoms with Gasteiger partial charge in [0.1, 0.15) is 5.75 Å². The number of ether oxygens (including phenoxy) is 1. The van der Waals surface area contributed by atoms with Gasteiger partial charge in [-0.3, -0.25) is 4.79 Å². The molecule has 0 bridgehead atoms. The van der Waals surface area contributed by atoms with Crippen LogP contribution >= 0.6 is 0 Å². The van der Waals surface area contributed by atoms with E-state index in [1.807, 2.05) is 32.9 Å². The van der Waals surface area contributed by atoms with Gasteiger partial charge in [0.25, 0.3) is 5.91 Å². The van der Waals surface area contributed by atoms with E-state index in [9.17, 15) is 4.79 Å². The lowest BCUT2D eigenvalue weighted by Gasteiger charge is -2.20.